The third-order valence-electron chi connectivity index (χ3n) is 2.95. The molecule has 1 aliphatic carbocycles. The highest BCUT2D eigenvalue weighted by Crippen LogP contribution is 2.45. The van der Waals surface area contributed by atoms with Gasteiger partial charge < -0.3 is 9.63 Å². The lowest BCUT2D eigenvalue weighted by Gasteiger charge is -2.10. The molecule has 1 aromatic heterocycles. The minimum atomic E-state index is -3.58. The number of carboxylic acids is 1. The van der Waals surface area contributed by atoms with Gasteiger partial charge in [0.25, 0.3) is 0 Å². The Hall–Kier alpha value is -1.41. The minimum absolute atomic E-state index is 0.0680. The summed E-state index contributed by atoms with van der Waals surface area (Å²) in [7, 11) is -3.58. The Morgan fingerprint density at radius 1 is 1.61 bits per heavy atom. The lowest BCUT2D eigenvalue weighted by Crippen LogP contribution is -2.34. The number of aryl methyl sites for hydroxylation is 1. The quantitative estimate of drug-likeness (QED) is 0.770. The van der Waals surface area contributed by atoms with Crippen molar-refractivity contribution >= 4 is 16.0 Å². The van der Waals surface area contributed by atoms with Crippen LogP contribution in [0, 0.1) is 12.3 Å². The molecular formula is C10H14N2O5S. The molecule has 0 unspecified atom stereocenters. The molecule has 1 aromatic rings. The average Bonchev–Trinajstić information content (AvgIpc) is 2.96. The van der Waals surface area contributed by atoms with Crippen LogP contribution in [0.1, 0.15) is 24.3 Å². The van der Waals surface area contributed by atoms with Crippen LogP contribution in [0.15, 0.2) is 10.6 Å². The average molecular weight is 274 g/mol. The monoisotopic (exact) mass is 274 g/mol. The molecule has 1 saturated carbocycles. The molecule has 0 atom stereocenters. The Morgan fingerprint density at radius 2 is 2.28 bits per heavy atom. The van der Waals surface area contributed by atoms with Crippen LogP contribution in [0.4, 0.5) is 0 Å². The molecule has 0 amide bonds. The topological polar surface area (TPSA) is 110 Å². The molecule has 7 nitrogen and oxygen atoms in total. The normalized spacial score (nSPS) is 17.6. The van der Waals surface area contributed by atoms with Gasteiger partial charge in [0.15, 0.2) is 0 Å². The van der Waals surface area contributed by atoms with E-state index in [9.17, 15) is 13.2 Å². The predicted octanol–water partition coefficient (Wildman–Crippen LogP) is 0.267. The highest BCUT2D eigenvalue weighted by molar-refractivity contribution is 7.88. The maximum Gasteiger partial charge on any atom is 0.310 e. The molecule has 0 spiro atoms. The van der Waals surface area contributed by atoms with Gasteiger partial charge in [0.05, 0.1) is 5.41 Å². The number of sulfonamides is 1. The highest BCUT2D eigenvalue weighted by Gasteiger charge is 2.50. The van der Waals surface area contributed by atoms with Crippen LogP contribution in [-0.4, -0.2) is 31.2 Å². The second-order valence-electron chi connectivity index (χ2n) is 4.59. The van der Waals surface area contributed by atoms with E-state index in [0.717, 1.165) is 0 Å². The van der Waals surface area contributed by atoms with Gasteiger partial charge in [-0.1, -0.05) is 5.16 Å². The van der Waals surface area contributed by atoms with Crippen LogP contribution in [0.5, 0.6) is 0 Å². The molecular weight excluding hydrogens is 260 g/mol. The number of hydrogen-bond acceptors (Lipinski definition) is 5. The Bertz CT molecular complexity index is 559. The van der Waals surface area contributed by atoms with Crippen molar-refractivity contribution < 1.29 is 22.8 Å². The first kappa shape index (κ1) is 13.0. The van der Waals surface area contributed by atoms with Crippen molar-refractivity contribution in [2.75, 3.05) is 6.54 Å². The zero-order chi connectivity index (χ0) is 13.4. The lowest BCUT2D eigenvalue weighted by atomic mass is 10.1. The number of carboxylic acid groups (broad SMARTS) is 1. The van der Waals surface area contributed by atoms with E-state index in [-0.39, 0.29) is 12.3 Å². The summed E-state index contributed by atoms with van der Waals surface area (Å²) >= 11 is 0. The second-order valence-corrected chi connectivity index (χ2v) is 6.40. The molecule has 2 rings (SSSR count). The summed E-state index contributed by atoms with van der Waals surface area (Å²) in [5, 5.41) is 12.5. The summed E-state index contributed by atoms with van der Waals surface area (Å²) in [4.78, 5) is 10.9. The van der Waals surface area contributed by atoms with Gasteiger partial charge in [-0.3, -0.25) is 4.79 Å². The van der Waals surface area contributed by atoms with Crippen LogP contribution >= 0.6 is 0 Å². The molecule has 1 aliphatic rings. The molecule has 1 heterocycles. The van der Waals surface area contributed by atoms with Crippen LogP contribution in [0.3, 0.4) is 0 Å². The van der Waals surface area contributed by atoms with Gasteiger partial charge in [-0.25, -0.2) is 13.1 Å². The van der Waals surface area contributed by atoms with Gasteiger partial charge in [-0.2, -0.15) is 0 Å². The standard InChI is InChI=1S/C10H14N2O5S/c1-7-4-8(12-17-7)5-18(15,16)11-6-10(2-3-10)9(13)14/h4,11H,2-3,5-6H2,1H3,(H,13,14). The highest BCUT2D eigenvalue weighted by atomic mass is 32.2. The smallest absolute Gasteiger partial charge is 0.310 e. The molecule has 0 radical (unpaired) electrons. The van der Waals surface area contributed by atoms with Crippen LogP contribution in [-0.2, 0) is 20.6 Å². The third kappa shape index (κ3) is 2.88. The largest absolute Gasteiger partial charge is 0.481 e. The van der Waals surface area contributed by atoms with Crippen molar-refractivity contribution in [2.24, 2.45) is 5.41 Å². The van der Waals surface area contributed by atoms with E-state index in [1.54, 1.807) is 6.92 Å². The second kappa shape index (κ2) is 4.36. The predicted molar refractivity (Wildman–Crippen MR) is 61.2 cm³/mol. The SMILES string of the molecule is Cc1cc(CS(=O)(=O)NCC2(C(=O)O)CC2)no1. The fourth-order valence-electron chi connectivity index (χ4n) is 1.60. The molecule has 0 bridgehead atoms. The van der Waals surface area contributed by atoms with Crippen molar-refractivity contribution in [1.29, 1.82) is 0 Å². The maximum atomic E-state index is 11.7. The summed E-state index contributed by atoms with van der Waals surface area (Å²) in [5.41, 5.74) is -0.604. The minimum Gasteiger partial charge on any atom is -0.481 e. The number of nitrogens with one attached hydrogen (secondary N) is 1. The molecule has 1 fully saturated rings. The van der Waals surface area contributed by atoms with E-state index in [1.807, 2.05) is 0 Å². The first-order valence-electron chi connectivity index (χ1n) is 5.46. The van der Waals surface area contributed by atoms with Crippen molar-refractivity contribution in [3.63, 3.8) is 0 Å². The van der Waals surface area contributed by atoms with E-state index in [4.69, 9.17) is 9.63 Å². The van der Waals surface area contributed by atoms with Crippen LogP contribution in [0.2, 0.25) is 0 Å². The van der Waals surface area contributed by atoms with Crippen molar-refractivity contribution in [2.45, 2.75) is 25.5 Å². The van der Waals surface area contributed by atoms with Crippen molar-refractivity contribution in [1.82, 2.24) is 9.88 Å². The first-order chi connectivity index (χ1) is 8.33. The molecule has 8 heteroatoms. The zero-order valence-corrected chi connectivity index (χ0v) is 10.7. The van der Waals surface area contributed by atoms with E-state index in [0.29, 0.717) is 24.3 Å². The summed E-state index contributed by atoms with van der Waals surface area (Å²) in [6, 6.07) is 1.53. The van der Waals surface area contributed by atoms with E-state index < -0.39 is 21.4 Å². The van der Waals surface area contributed by atoms with Crippen molar-refractivity contribution in [3.05, 3.63) is 17.5 Å². The van der Waals surface area contributed by atoms with Crippen LogP contribution in [0.25, 0.3) is 0 Å². The maximum absolute atomic E-state index is 11.7. The number of aliphatic carboxylic acids is 1. The third-order valence-corrected chi connectivity index (χ3v) is 4.21. The molecule has 2 N–H and O–H groups in total. The first-order valence-corrected chi connectivity index (χ1v) is 7.11. The summed E-state index contributed by atoms with van der Waals surface area (Å²) in [6.45, 7) is 1.60. The number of carbonyl (C=O) groups is 1. The summed E-state index contributed by atoms with van der Waals surface area (Å²) in [6.07, 6.45) is 1.02. The van der Waals surface area contributed by atoms with E-state index in [2.05, 4.69) is 9.88 Å². The van der Waals surface area contributed by atoms with Gasteiger partial charge in [0, 0.05) is 12.6 Å². The van der Waals surface area contributed by atoms with Gasteiger partial charge in [-0.05, 0) is 19.8 Å². The Balaban J connectivity index is 1.94. The fraction of sp³-hybridized carbons (Fsp3) is 0.600. The zero-order valence-electron chi connectivity index (χ0n) is 9.84. The Morgan fingerprint density at radius 3 is 2.72 bits per heavy atom. The number of aromatic nitrogens is 1. The lowest BCUT2D eigenvalue weighted by molar-refractivity contribution is -0.143. The molecule has 0 saturated heterocycles. The van der Waals surface area contributed by atoms with Gasteiger partial charge in [0.2, 0.25) is 10.0 Å². The number of rotatable bonds is 6. The van der Waals surface area contributed by atoms with Crippen molar-refractivity contribution in [3.8, 4) is 0 Å². The molecule has 18 heavy (non-hydrogen) atoms. The summed E-state index contributed by atoms with van der Waals surface area (Å²) < 4.78 is 30.5. The van der Waals surface area contributed by atoms with Crippen LogP contribution < -0.4 is 4.72 Å². The number of nitrogens with zero attached hydrogens (tertiary/aromatic N) is 1. The summed E-state index contributed by atoms with van der Waals surface area (Å²) in [5.74, 6) is -0.730. The van der Waals surface area contributed by atoms with Gasteiger partial charge in [-0.15, -0.1) is 0 Å². The van der Waals surface area contributed by atoms with E-state index >= 15 is 0 Å². The van der Waals surface area contributed by atoms with Gasteiger partial charge in [0.1, 0.15) is 17.2 Å². The fourth-order valence-corrected chi connectivity index (χ4v) is 2.72. The Kier molecular flexibility index (Phi) is 3.16. The van der Waals surface area contributed by atoms with E-state index in [1.165, 1.54) is 6.07 Å². The Labute approximate surface area is 104 Å². The molecule has 100 valence electrons. The molecule has 0 aromatic carbocycles. The molecule has 0 aliphatic heterocycles. The number of hydrogen-bond donors (Lipinski definition) is 2. The van der Waals surface area contributed by atoms with Gasteiger partial charge >= 0.3 is 5.97 Å².